The zero-order valence-corrected chi connectivity index (χ0v) is 15.7. The second-order valence-corrected chi connectivity index (χ2v) is 6.69. The highest BCUT2D eigenvalue weighted by atomic mass is 16.5. The minimum Gasteiger partial charge on any atom is -0.490 e. The maximum absolute atomic E-state index is 6.02. The lowest BCUT2D eigenvalue weighted by molar-refractivity contribution is 0.222. The number of ether oxygens (including phenoxy) is 2. The first-order valence-corrected chi connectivity index (χ1v) is 9.34. The lowest BCUT2D eigenvalue weighted by atomic mass is 10.1. The van der Waals surface area contributed by atoms with Gasteiger partial charge in [0.05, 0.1) is 11.8 Å². The molecule has 1 N–H and O–H groups in total. The number of H-pyrrole nitrogens is 1. The Morgan fingerprint density at radius 2 is 1.43 bits per heavy atom. The van der Waals surface area contributed by atoms with Crippen LogP contribution in [0.1, 0.15) is 12.5 Å². The Morgan fingerprint density at radius 1 is 0.786 bits per heavy atom. The van der Waals surface area contributed by atoms with E-state index >= 15 is 0 Å². The van der Waals surface area contributed by atoms with Gasteiger partial charge in [0.1, 0.15) is 17.2 Å². The molecule has 1 heterocycles. The highest BCUT2D eigenvalue weighted by Gasteiger charge is 2.06. The van der Waals surface area contributed by atoms with Gasteiger partial charge in [-0.05, 0) is 72.6 Å². The van der Waals surface area contributed by atoms with Gasteiger partial charge in [-0.2, -0.15) is 5.10 Å². The normalized spacial score (nSPS) is 11.8. The number of benzene rings is 3. The number of hydrogen-bond acceptors (Lipinski definition) is 3. The van der Waals surface area contributed by atoms with E-state index in [9.17, 15) is 0 Å². The molecule has 3 aromatic carbocycles. The molecule has 0 bridgehead atoms. The molecular weight excluding hydrogens is 348 g/mol. The van der Waals surface area contributed by atoms with Crippen molar-refractivity contribution >= 4 is 0 Å². The molecule has 0 radical (unpaired) electrons. The summed E-state index contributed by atoms with van der Waals surface area (Å²) in [4.78, 5) is 0. The summed E-state index contributed by atoms with van der Waals surface area (Å²) in [6, 6.07) is 27.9. The summed E-state index contributed by atoms with van der Waals surface area (Å²) < 4.78 is 11.9. The molecule has 1 unspecified atom stereocenters. The second kappa shape index (κ2) is 8.44. The van der Waals surface area contributed by atoms with Crippen LogP contribution in [0.4, 0.5) is 0 Å². The highest BCUT2D eigenvalue weighted by Crippen LogP contribution is 2.26. The van der Waals surface area contributed by atoms with Crippen molar-refractivity contribution in [2.24, 2.45) is 0 Å². The third-order valence-corrected chi connectivity index (χ3v) is 4.43. The van der Waals surface area contributed by atoms with Crippen LogP contribution in [-0.2, 0) is 6.42 Å². The SMILES string of the molecule is CC(Cc1ccccc1)Oc1ccc(Oc2ccc(-c3ccn[nH]3)cc2)cc1. The molecule has 4 nitrogen and oxygen atoms in total. The van der Waals surface area contributed by atoms with Crippen LogP contribution in [0.2, 0.25) is 0 Å². The van der Waals surface area contributed by atoms with E-state index in [0.717, 1.165) is 34.9 Å². The van der Waals surface area contributed by atoms with E-state index in [0.29, 0.717) is 0 Å². The summed E-state index contributed by atoms with van der Waals surface area (Å²) in [7, 11) is 0. The molecule has 0 spiro atoms. The van der Waals surface area contributed by atoms with Gasteiger partial charge in [0.2, 0.25) is 0 Å². The predicted molar refractivity (Wildman–Crippen MR) is 111 cm³/mol. The Bertz CT molecular complexity index is 979. The first kappa shape index (κ1) is 17.9. The maximum atomic E-state index is 6.02. The number of rotatable bonds is 7. The van der Waals surface area contributed by atoms with Crippen LogP contribution < -0.4 is 9.47 Å². The van der Waals surface area contributed by atoms with Gasteiger partial charge in [0, 0.05) is 12.6 Å². The monoisotopic (exact) mass is 370 g/mol. The number of nitrogens with one attached hydrogen (secondary N) is 1. The van der Waals surface area contributed by atoms with E-state index in [1.54, 1.807) is 6.20 Å². The Balaban J connectivity index is 1.34. The standard InChI is InChI=1S/C24H22N2O2/c1-18(17-19-5-3-2-4-6-19)27-21-11-13-23(14-12-21)28-22-9-7-20(8-10-22)24-15-16-25-26-24/h2-16,18H,17H2,1H3,(H,25,26). The van der Waals surface area contributed by atoms with Gasteiger partial charge in [-0.1, -0.05) is 30.3 Å². The molecular formula is C24H22N2O2. The number of aromatic nitrogens is 2. The maximum Gasteiger partial charge on any atom is 0.127 e. The van der Waals surface area contributed by atoms with Crippen molar-refractivity contribution in [2.75, 3.05) is 0 Å². The van der Waals surface area contributed by atoms with Crippen molar-refractivity contribution in [3.05, 3.63) is 96.7 Å². The molecule has 0 aliphatic heterocycles. The van der Waals surface area contributed by atoms with E-state index in [4.69, 9.17) is 9.47 Å². The Hall–Kier alpha value is -3.53. The zero-order chi connectivity index (χ0) is 19.2. The van der Waals surface area contributed by atoms with Crippen LogP contribution in [0.25, 0.3) is 11.3 Å². The first-order valence-electron chi connectivity index (χ1n) is 9.34. The molecule has 0 aliphatic rings. The van der Waals surface area contributed by atoms with Crippen LogP contribution in [0.5, 0.6) is 17.2 Å². The van der Waals surface area contributed by atoms with Crippen molar-refractivity contribution < 1.29 is 9.47 Å². The van der Waals surface area contributed by atoms with E-state index < -0.39 is 0 Å². The molecule has 4 aromatic rings. The number of nitrogens with zero attached hydrogens (tertiary/aromatic N) is 1. The van der Waals surface area contributed by atoms with E-state index in [1.165, 1.54) is 5.56 Å². The van der Waals surface area contributed by atoms with Gasteiger partial charge in [-0.25, -0.2) is 0 Å². The largest absolute Gasteiger partial charge is 0.490 e. The lowest BCUT2D eigenvalue weighted by Gasteiger charge is -2.15. The summed E-state index contributed by atoms with van der Waals surface area (Å²) in [5, 5.41) is 6.93. The topological polar surface area (TPSA) is 47.1 Å². The molecule has 0 saturated heterocycles. The van der Waals surface area contributed by atoms with Gasteiger partial charge in [-0.3, -0.25) is 5.10 Å². The minimum absolute atomic E-state index is 0.101. The fourth-order valence-electron chi connectivity index (χ4n) is 3.06. The predicted octanol–water partition coefficient (Wildman–Crippen LogP) is 5.88. The summed E-state index contributed by atoms with van der Waals surface area (Å²) >= 11 is 0. The Morgan fingerprint density at radius 3 is 2.07 bits per heavy atom. The van der Waals surface area contributed by atoms with Crippen molar-refractivity contribution in [1.82, 2.24) is 10.2 Å². The van der Waals surface area contributed by atoms with Crippen molar-refractivity contribution in [3.63, 3.8) is 0 Å². The van der Waals surface area contributed by atoms with Crippen molar-refractivity contribution in [1.29, 1.82) is 0 Å². The second-order valence-electron chi connectivity index (χ2n) is 6.69. The lowest BCUT2D eigenvalue weighted by Crippen LogP contribution is -2.14. The van der Waals surface area contributed by atoms with Crippen LogP contribution in [-0.4, -0.2) is 16.3 Å². The zero-order valence-electron chi connectivity index (χ0n) is 15.7. The average molecular weight is 370 g/mol. The molecule has 4 rings (SSSR count). The van der Waals surface area contributed by atoms with E-state index in [-0.39, 0.29) is 6.10 Å². The Labute approximate surface area is 164 Å². The summed E-state index contributed by atoms with van der Waals surface area (Å²) in [5.41, 5.74) is 3.33. The van der Waals surface area contributed by atoms with E-state index in [1.807, 2.05) is 60.7 Å². The molecule has 0 aliphatic carbocycles. The van der Waals surface area contributed by atoms with Crippen LogP contribution in [0.15, 0.2) is 91.1 Å². The van der Waals surface area contributed by atoms with Gasteiger partial charge < -0.3 is 9.47 Å². The number of hydrogen-bond donors (Lipinski definition) is 1. The third kappa shape index (κ3) is 4.60. The first-order chi connectivity index (χ1) is 13.8. The van der Waals surface area contributed by atoms with Gasteiger partial charge in [-0.15, -0.1) is 0 Å². The highest BCUT2D eigenvalue weighted by molar-refractivity contribution is 5.59. The molecule has 28 heavy (non-hydrogen) atoms. The minimum atomic E-state index is 0.101. The Kier molecular flexibility index (Phi) is 5.38. The quantitative estimate of drug-likeness (QED) is 0.442. The van der Waals surface area contributed by atoms with Crippen LogP contribution >= 0.6 is 0 Å². The van der Waals surface area contributed by atoms with E-state index in [2.05, 4.69) is 41.4 Å². The van der Waals surface area contributed by atoms with Gasteiger partial charge in [0.15, 0.2) is 0 Å². The van der Waals surface area contributed by atoms with Crippen molar-refractivity contribution in [3.8, 4) is 28.5 Å². The average Bonchev–Trinajstić information content (AvgIpc) is 3.26. The van der Waals surface area contributed by atoms with Crippen molar-refractivity contribution in [2.45, 2.75) is 19.4 Å². The van der Waals surface area contributed by atoms with Crippen LogP contribution in [0.3, 0.4) is 0 Å². The molecule has 0 fully saturated rings. The number of aromatic amines is 1. The fourth-order valence-corrected chi connectivity index (χ4v) is 3.06. The molecule has 1 aromatic heterocycles. The molecule has 1 atom stereocenters. The smallest absolute Gasteiger partial charge is 0.127 e. The van der Waals surface area contributed by atoms with Gasteiger partial charge in [0.25, 0.3) is 0 Å². The summed E-state index contributed by atoms with van der Waals surface area (Å²) in [6.45, 7) is 2.08. The van der Waals surface area contributed by atoms with Crippen LogP contribution in [0, 0.1) is 0 Å². The summed E-state index contributed by atoms with van der Waals surface area (Å²) in [5.74, 6) is 2.40. The molecule has 140 valence electrons. The summed E-state index contributed by atoms with van der Waals surface area (Å²) in [6.07, 6.45) is 2.72. The third-order valence-electron chi connectivity index (χ3n) is 4.43. The molecule has 4 heteroatoms. The molecule has 0 saturated carbocycles. The van der Waals surface area contributed by atoms with Gasteiger partial charge >= 0.3 is 0 Å². The molecule has 0 amide bonds. The fraction of sp³-hybridized carbons (Fsp3) is 0.125.